The number of carbonyl (C=O) groups excluding carboxylic acids is 1. The molecule has 3 heterocycles. The molecule has 0 radical (unpaired) electrons. The third kappa shape index (κ3) is 3.67. The average molecular weight is 522 g/mol. The molecular weight excluding hydrogens is 494 g/mol. The van der Waals surface area contributed by atoms with Gasteiger partial charge in [0, 0.05) is 49.7 Å². The van der Waals surface area contributed by atoms with Crippen molar-refractivity contribution in [2.45, 2.75) is 12.5 Å². The standard InChI is InChI=1S/C25H28BrN7O/c1-32-8-10-33(11-9-32)17-6-4-14(5-7-17)24-30-22-21(18(26)13-28-25(22)31-24)29-20-16-3-2-15(12-16)19(20)23(27)34/h2-7,13,15-16,19-20H,8-12H2,1H3,(H2,27,34)(H2,28,29,30,31)/t15-,16-,19+,20-/m1/s1. The quantitative estimate of drug-likeness (QED) is 0.445. The zero-order chi connectivity index (χ0) is 23.4. The number of aromatic amines is 1. The lowest BCUT2D eigenvalue weighted by Gasteiger charge is -2.34. The largest absolute Gasteiger partial charge is 0.378 e. The predicted octanol–water partition coefficient (Wildman–Crippen LogP) is 3.23. The van der Waals surface area contributed by atoms with E-state index in [2.05, 4.69) is 84.5 Å². The predicted molar refractivity (Wildman–Crippen MR) is 138 cm³/mol. The van der Waals surface area contributed by atoms with E-state index >= 15 is 0 Å². The summed E-state index contributed by atoms with van der Waals surface area (Å²) in [6.07, 6.45) is 7.06. The normalized spacial score (nSPS) is 26.5. The molecule has 9 heteroatoms. The van der Waals surface area contributed by atoms with Gasteiger partial charge in [0.1, 0.15) is 11.3 Å². The van der Waals surface area contributed by atoms with Crippen LogP contribution in [0, 0.1) is 17.8 Å². The summed E-state index contributed by atoms with van der Waals surface area (Å²) < 4.78 is 0.829. The monoisotopic (exact) mass is 521 g/mol. The molecule has 2 aromatic heterocycles. The van der Waals surface area contributed by atoms with Crippen LogP contribution in [0.25, 0.3) is 22.6 Å². The van der Waals surface area contributed by atoms with Crippen LogP contribution in [0.15, 0.2) is 47.1 Å². The molecule has 0 spiro atoms. The van der Waals surface area contributed by atoms with Gasteiger partial charge in [-0.1, -0.05) is 12.2 Å². The molecule has 6 rings (SSSR count). The molecule has 4 atom stereocenters. The van der Waals surface area contributed by atoms with Crippen LogP contribution < -0.4 is 16.0 Å². The second-order valence-corrected chi connectivity index (χ2v) is 10.5. The molecule has 2 fully saturated rings. The van der Waals surface area contributed by atoms with E-state index in [4.69, 9.17) is 10.7 Å². The number of imidazole rings is 1. The zero-order valence-corrected chi connectivity index (χ0v) is 20.6. The van der Waals surface area contributed by atoms with Gasteiger partial charge in [0.15, 0.2) is 5.65 Å². The van der Waals surface area contributed by atoms with Crippen LogP contribution in [0.5, 0.6) is 0 Å². The molecule has 0 unspecified atom stereocenters. The lowest BCUT2D eigenvalue weighted by Crippen LogP contribution is -2.44. The van der Waals surface area contributed by atoms with Gasteiger partial charge in [-0.05, 0) is 65.5 Å². The molecule has 3 aromatic rings. The number of benzene rings is 1. The van der Waals surface area contributed by atoms with E-state index < -0.39 is 0 Å². The van der Waals surface area contributed by atoms with Crippen LogP contribution in [-0.2, 0) is 4.79 Å². The average Bonchev–Trinajstić information content (AvgIpc) is 3.56. The smallest absolute Gasteiger partial charge is 0.223 e. The summed E-state index contributed by atoms with van der Waals surface area (Å²) in [5.41, 5.74) is 10.3. The molecule has 1 amide bonds. The number of H-pyrrole nitrogens is 1. The molecule has 176 valence electrons. The number of pyridine rings is 1. The number of amides is 1. The van der Waals surface area contributed by atoms with Gasteiger partial charge >= 0.3 is 0 Å². The van der Waals surface area contributed by atoms with E-state index in [9.17, 15) is 4.79 Å². The van der Waals surface area contributed by atoms with Crippen LogP contribution in [0.3, 0.4) is 0 Å². The summed E-state index contributed by atoms with van der Waals surface area (Å²) in [6, 6.07) is 8.50. The SMILES string of the molecule is CN1CCN(c2ccc(-c3nc4ncc(Br)c(N[C@H]5[C@@H](C(N)=O)[C@@H]6C=C[C@@H]5C6)c4[nH]3)cc2)CC1. The lowest BCUT2D eigenvalue weighted by molar-refractivity contribution is -0.122. The Morgan fingerprint density at radius 2 is 1.88 bits per heavy atom. The number of nitrogens with one attached hydrogen (secondary N) is 2. The molecule has 4 N–H and O–H groups in total. The van der Waals surface area contributed by atoms with Crippen LogP contribution in [-0.4, -0.2) is 65.0 Å². The fourth-order valence-corrected chi connectivity index (χ4v) is 6.09. The highest BCUT2D eigenvalue weighted by atomic mass is 79.9. The summed E-state index contributed by atoms with van der Waals surface area (Å²) >= 11 is 3.64. The van der Waals surface area contributed by atoms with E-state index in [0.717, 1.165) is 59.7 Å². The number of nitrogens with zero attached hydrogens (tertiary/aromatic N) is 4. The summed E-state index contributed by atoms with van der Waals surface area (Å²) in [4.78, 5) is 29.7. The summed E-state index contributed by atoms with van der Waals surface area (Å²) in [5, 5.41) is 3.61. The number of halogens is 1. The molecule has 8 nitrogen and oxygen atoms in total. The minimum atomic E-state index is -0.249. The highest BCUT2D eigenvalue weighted by Crippen LogP contribution is 2.46. The van der Waals surface area contributed by atoms with Crippen molar-refractivity contribution in [1.82, 2.24) is 19.9 Å². The fourth-order valence-electron chi connectivity index (χ4n) is 5.68. The first-order valence-corrected chi connectivity index (χ1v) is 12.6. The van der Waals surface area contributed by atoms with Gasteiger partial charge in [0.2, 0.25) is 5.91 Å². The Morgan fingerprint density at radius 1 is 1.15 bits per heavy atom. The summed E-state index contributed by atoms with van der Waals surface area (Å²) in [5.74, 6) is 0.818. The Morgan fingerprint density at radius 3 is 2.62 bits per heavy atom. The van der Waals surface area contributed by atoms with Gasteiger partial charge in [-0.25, -0.2) is 9.97 Å². The number of primary amides is 1. The van der Waals surface area contributed by atoms with Crippen molar-refractivity contribution in [3.05, 3.63) is 47.1 Å². The number of aromatic nitrogens is 3. The van der Waals surface area contributed by atoms with Crippen molar-refractivity contribution in [3.63, 3.8) is 0 Å². The minimum absolute atomic E-state index is 0.0379. The number of anilines is 2. The van der Waals surface area contributed by atoms with Gasteiger partial charge in [-0.2, -0.15) is 0 Å². The molecule has 2 bridgehead atoms. The summed E-state index contributed by atoms with van der Waals surface area (Å²) in [7, 11) is 2.17. The van der Waals surface area contributed by atoms with Gasteiger partial charge < -0.3 is 25.8 Å². The number of likely N-dealkylation sites (N-methyl/N-ethyl adjacent to an activating group) is 1. The lowest BCUT2D eigenvalue weighted by atomic mass is 9.88. The second kappa shape index (κ2) is 8.39. The molecule has 1 saturated carbocycles. The van der Waals surface area contributed by atoms with Gasteiger partial charge in [-0.3, -0.25) is 4.79 Å². The maximum atomic E-state index is 12.2. The third-order valence-corrected chi connectivity index (χ3v) is 8.18. The first kappa shape index (κ1) is 21.6. The maximum Gasteiger partial charge on any atom is 0.223 e. The Balaban J connectivity index is 1.29. The number of carbonyl (C=O) groups is 1. The number of rotatable bonds is 5. The molecule has 34 heavy (non-hydrogen) atoms. The van der Waals surface area contributed by atoms with Crippen LogP contribution in [0.1, 0.15) is 6.42 Å². The minimum Gasteiger partial charge on any atom is -0.378 e. The van der Waals surface area contributed by atoms with Gasteiger partial charge in [0.05, 0.1) is 16.1 Å². The van der Waals surface area contributed by atoms with Crippen molar-refractivity contribution in [3.8, 4) is 11.4 Å². The number of piperazine rings is 1. The first-order valence-electron chi connectivity index (χ1n) is 11.8. The van der Waals surface area contributed by atoms with Crippen molar-refractivity contribution in [2.24, 2.45) is 23.5 Å². The van der Waals surface area contributed by atoms with E-state index in [1.54, 1.807) is 6.20 Å². The maximum absolute atomic E-state index is 12.2. The van der Waals surface area contributed by atoms with Crippen LogP contribution in [0.2, 0.25) is 0 Å². The molecule has 3 aliphatic rings. The Kier molecular flexibility index (Phi) is 5.33. The fraction of sp³-hybridized carbons (Fsp3) is 0.400. The van der Waals surface area contributed by atoms with Gasteiger partial charge in [0.25, 0.3) is 0 Å². The van der Waals surface area contributed by atoms with E-state index in [1.165, 1.54) is 5.69 Å². The number of hydrogen-bond acceptors (Lipinski definition) is 6. The number of fused-ring (bicyclic) bond motifs is 3. The highest BCUT2D eigenvalue weighted by molar-refractivity contribution is 9.10. The van der Waals surface area contributed by atoms with Crippen LogP contribution >= 0.6 is 15.9 Å². The Hall–Kier alpha value is -2.91. The van der Waals surface area contributed by atoms with Crippen molar-refractivity contribution >= 4 is 44.4 Å². The second-order valence-electron chi connectivity index (χ2n) is 9.65. The number of allylic oxidation sites excluding steroid dienone is 1. The van der Waals surface area contributed by atoms with Gasteiger partial charge in [-0.15, -0.1) is 0 Å². The summed E-state index contributed by atoms with van der Waals surface area (Å²) in [6.45, 7) is 4.24. The third-order valence-electron chi connectivity index (χ3n) is 7.58. The molecule has 1 aliphatic heterocycles. The first-order chi connectivity index (χ1) is 16.5. The topological polar surface area (TPSA) is 103 Å². The van der Waals surface area contributed by atoms with Crippen LogP contribution in [0.4, 0.5) is 11.4 Å². The number of nitrogens with two attached hydrogens (primary N) is 1. The number of hydrogen-bond donors (Lipinski definition) is 3. The highest BCUT2D eigenvalue weighted by Gasteiger charge is 2.47. The Labute approximate surface area is 206 Å². The molecule has 2 aliphatic carbocycles. The Bertz CT molecular complexity index is 1260. The molecule has 1 aromatic carbocycles. The van der Waals surface area contributed by atoms with E-state index in [0.29, 0.717) is 11.6 Å². The van der Waals surface area contributed by atoms with Crippen molar-refractivity contribution < 1.29 is 4.79 Å². The van der Waals surface area contributed by atoms with E-state index in [-0.39, 0.29) is 23.8 Å². The van der Waals surface area contributed by atoms with Crippen molar-refractivity contribution in [1.29, 1.82) is 0 Å². The molecular formula is C25H28BrN7O. The zero-order valence-electron chi connectivity index (χ0n) is 19.0. The van der Waals surface area contributed by atoms with Crippen molar-refractivity contribution in [2.75, 3.05) is 43.4 Å². The molecule has 1 saturated heterocycles. The van der Waals surface area contributed by atoms with E-state index in [1.807, 2.05) is 0 Å².